The Balaban J connectivity index is 2.18. The number of hydrogen-bond donors (Lipinski definition) is 0. The van der Waals surface area contributed by atoms with Gasteiger partial charge in [-0.3, -0.25) is 4.79 Å². The third-order valence-corrected chi connectivity index (χ3v) is 3.46. The molecule has 2 aromatic heterocycles. The topological polar surface area (TPSA) is 46.1 Å². The molecule has 0 saturated heterocycles. The highest BCUT2D eigenvalue weighted by molar-refractivity contribution is 7.09. The van der Waals surface area contributed by atoms with Crippen molar-refractivity contribution in [2.75, 3.05) is 11.9 Å². The summed E-state index contributed by atoms with van der Waals surface area (Å²) in [5.41, 5.74) is 2.64. The van der Waals surface area contributed by atoms with Gasteiger partial charge in [0.2, 0.25) is 0 Å². The molecule has 0 aliphatic carbocycles. The molecule has 0 unspecified atom stereocenters. The van der Waals surface area contributed by atoms with Gasteiger partial charge in [0.05, 0.1) is 17.2 Å². The standard InChI is InChI=1S/C13H15N3OS/c1-9-4-11(7-17)5-14-13(9)16(3)6-12-8-18-10(2)15-12/h4-5,7-8H,6H2,1-3H3. The van der Waals surface area contributed by atoms with Gasteiger partial charge in [-0.05, 0) is 25.5 Å². The predicted molar refractivity (Wildman–Crippen MR) is 73.3 cm³/mol. The summed E-state index contributed by atoms with van der Waals surface area (Å²) in [5.74, 6) is 0.881. The van der Waals surface area contributed by atoms with Crippen LogP contribution in [0.5, 0.6) is 0 Å². The van der Waals surface area contributed by atoms with Crippen molar-refractivity contribution in [1.29, 1.82) is 0 Å². The summed E-state index contributed by atoms with van der Waals surface area (Å²) in [4.78, 5) is 21.5. The number of aldehydes is 1. The third-order valence-electron chi connectivity index (χ3n) is 2.64. The molecule has 0 fully saturated rings. The maximum atomic E-state index is 10.7. The first-order valence-electron chi connectivity index (χ1n) is 5.64. The average Bonchev–Trinajstić information content (AvgIpc) is 2.74. The molecule has 0 aliphatic rings. The van der Waals surface area contributed by atoms with Crippen molar-refractivity contribution < 1.29 is 4.79 Å². The molecule has 2 aromatic rings. The first kappa shape index (κ1) is 12.7. The number of hydrogen-bond acceptors (Lipinski definition) is 5. The average molecular weight is 261 g/mol. The second kappa shape index (κ2) is 5.27. The molecule has 0 saturated carbocycles. The van der Waals surface area contributed by atoms with Gasteiger partial charge in [0.15, 0.2) is 6.29 Å². The SMILES string of the molecule is Cc1nc(CN(C)c2ncc(C=O)cc2C)cs1. The van der Waals surface area contributed by atoms with Crippen molar-refractivity contribution in [2.45, 2.75) is 20.4 Å². The monoisotopic (exact) mass is 261 g/mol. The zero-order chi connectivity index (χ0) is 13.1. The van der Waals surface area contributed by atoms with Crippen LogP contribution in [0.15, 0.2) is 17.6 Å². The Morgan fingerprint density at radius 3 is 2.78 bits per heavy atom. The molecule has 2 heterocycles. The molecular weight excluding hydrogens is 246 g/mol. The molecule has 0 aromatic carbocycles. The second-order valence-electron chi connectivity index (χ2n) is 4.24. The lowest BCUT2D eigenvalue weighted by Gasteiger charge is -2.19. The zero-order valence-corrected chi connectivity index (χ0v) is 11.5. The predicted octanol–water partition coefficient (Wildman–Crippen LogP) is 2.60. The Labute approximate surface area is 110 Å². The van der Waals surface area contributed by atoms with Crippen molar-refractivity contribution in [3.63, 3.8) is 0 Å². The van der Waals surface area contributed by atoms with E-state index in [1.54, 1.807) is 17.5 Å². The van der Waals surface area contributed by atoms with Crippen molar-refractivity contribution in [3.8, 4) is 0 Å². The summed E-state index contributed by atoms with van der Waals surface area (Å²) >= 11 is 1.65. The smallest absolute Gasteiger partial charge is 0.151 e. The van der Waals surface area contributed by atoms with Gasteiger partial charge in [0.25, 0.3) is 0 Å². The van der Waals surface area contributed by atoms with Crippen LogP contribution in [-0.4, -0.2) is 23.3 Å². The molecule has 94 valence electrons. The summed E-state index contributed by atoms with van der Waals surface area (Å²) in [6, 6.07) is 1.85. The largest absolute Gasteiger partial charge is 0.354 e. The van der Waals surface area contributed by atoms with Crippen LogP contribution in [0.1, 0.15) is 26.6 Å². The van der Waals surface area contributed by atoms with Crippen molar-refractivity contribution in [2.24, 2.45) is 0 Å². The summed E-state index contributed by atoms with van der Waals surface area (Å²) in [7, 11) is 1.98. The Hall–Kier alpha value is -1.75. The van der Waals surface area contributed by atoms with Crippen LogP contribution >= 0.6 is 11.3 Å². The number of rotatable bonds is 4. The highest BCUT2D eigenvalue weighted by atomic mass is 32.1. The normalized spacial score (nSPS) is 10.4. The van der Waals surface area contributed by atoms with Crippen molar-refractivity contribution in [3.05, 3.63) is 39.5 Å². The number of aromatic nitrogens is 2. The van der Waals surface area contributed by atoms with Gasteiger partial charge in [0.1, 0.15) is 5.82 Å². The van der Waals surface area contributed by atoms with E-state index < -0.39 is 0 Å². The van der Waals surface area contributed by atoms with E-state index in [1.165, 1.54) is 0 Å². The maximum absolute atomic E-state index is 10.7. The van der Waals surface area contributed by atoms with Gasteiger partial charge >= 0.3 is 0 Å². The van der Waals surface area contributed by atoms with E-state index >= 15 is 0 Å². The lowest BCUT2D eigenvalue weighted by Crippen LogP contribution is -2.19. The summed E-state index contributed by atoms with van der Waals surface area (Å²) in [6.45, 7) is 4.67. The van der Waals surface area contributed by atoms with E-state index in [1.807, 2.05) is 31.9 Å². The van der Waals surface area contributed by atoms with E-state index in [2.05, 4.69) is 15.3 Å². The quantitative estimate of drug-likeness (QED) is 0.794. The van der Waals surface area contributed by atoms with Crippen molar-refractivity contribution in [1.82, 2.24) is 9.97 Å². The number of nitrogens with zero attached hydrogens (tertiary/aromatic N) is 3. The molecule has 0 spiro atoms. The van der Waals surface area contributed by atoms with Crippen LogP contribution in [0.4, 0.5) is 5.82 Å². The number of carbonyl (C=O) groups is 1. The van der Waals surface area contributed by atoms with Crippen LogP contribution in [0.3, 0.4) is 0 Å². The lowest BCUT2D eigenvalue weighted by molar-refractivity contribution is 0.112. The third kappa shape index (κ3) is 2.73. The molecule has 0 bridgehead atoms. The number of thiazole rings is 1. The van der Waals surface area contributed by atoms with Gasteiger partial charge < -0.3 is 4.90 Å². The molecule has 4 nitrogen and oxygen atoms in total. The Kier molecular flexibility index (Phi) is 3.72. The molecule has 0 aliphatic heterocycles. The Morgan fingerprint density at radius 1 is 1.44 bits per heavy atom. The fourth-order valence-electron chi connectivity index (χ4n) is 1.85. The molecule has 0 radical (unpaired) electrons. The van der Waals surface area contributed by atoms with E-state index in [9.17, 15) is 4.79 Å². The van der Waals surface area contributed by atoms with Gasteiger partial charge in [-0.1, -0.05) is 0 Å². The van der Waals surface area contributed by atoms with Gasteiger partial charge in [-0.15, -0.1) is 11.3 Å². The first-order valence-corrected chi connectivity index (χ1v) is 6.52. The van der Waals surface area contributed by atoms with Crippen molar-refractivity contribution >= 4 is 23.4 Å². The minimum absolute atomic E-state index is 0.606. The highest BCUT2D eigenvalue weighted by Crippen LogP contribution is 2.19. The minimum Gasteiger partial charge on any atom is -0.354 e. The maximum Gasteiger partial charge on any atom is 0.151 e. The summed E-state index contributed by atoms with van der Waals surface area (Å²) < 4.78 is 0. The molecule has 2 rings (SSSR count). The molecular formula is C13H15N3OS. The van der Waals surface area contributed by atoms with Crippen LogP contribution in [0.25, 0.3) is 0 Å². The fourth-order valence-corrected chi connectivity index (χ4v) is 2.46. The number of anilines is 1. The van der Waals surface area contributed by atoms with Crippen LogP contribution in [-0.2, 0) is 6.54 Å². The summed E-state index contributed by atoms with van der Waals surface area (Å²) in [5, 5.41) is 3.13. The second-order valence-corrected chi connectivity index (χ2v) is 5.30. The first-order chi connectivity index (χ1) is 8.60. The van der Waals surface area contributed by atoms with Gasteiger partial charge in [0, 0.05) is 24.2 Å². The molecule has 5 heteroatoms. The van der Waals surface area contributed by atoms with E-state index in [0.29, 0.717) is 5.56 Å². The number of carbonyl (C=O) groups excluding carboxylic acids is 1. The molecule has 0 amide bonds. The van der Waals surface area contributed by atoms with Gasteiger partial charge in [-0.2, -0.15) is 0 Å². The van der Waals surface area contributed by atoms with E-state index in [-0.39, 0.29) is 0 Å². The Bertz CT molecular complexity index is 565. The minimum atomic E-state index is 0.606. The van der Waals surface area contributed by atoms with Crippen LogP contribution < -0.4 is 4.90 Å². The highest BCUT2D eigenvalue weighted by Gasteiger charge is 2.09. The Morgan fingerprint density at radius 2 is 2.22 bits per heavy atom. The van der Waals surface area contributed by atoms with E-state index in [4.69, 9.17) is 0 Å². The zero-order valence-electron chi connectivity index (χ0n) is 10.7. The van der Waals surface area contributed by atoms with E-state index in [0.717, 1.165) is 34.9 Å². The number of pyridine rings is 1. The number of aryl methyl sites for hydroxylation is 2. The summed E-state index contributed by atoms with van der Waals surface area (Å²) in [6.07, 6.45) is 2.41. The molecule has 0 N–H and O–H groups in total. The van der Waals surface area contributed by atoms with Crippen LogP contribution in [0, 0.1) is 13.8 Å². The van der Waals surface area contributed by atoms with Crippen LogP contribution in [0.2, 0.25) is 0 Å². The fraction of sp³-hybridized carbons (Fsp3) is 0.308. The molecule has 0 atom stereocenters. The molecule has 18 heavy (non-hydrogen) atoms. The lowest BCUT2D eigenvalue weighted by atomic mass is 10.2. The van der Waals surface area contributed by atoms with Gasteiger partial charge in [-0.25, -0.2) is 9.97 Å².